The number of fused-ring (bicyclic) bond motifs is 1. The zero-order chi connectivity index (χ0) is 17.1. The van der Waals surface area contributed by atoms with Crippen LogP contribution in [0.15, 0.2) is 70.6 Å². The summed E-state index contributed by atoms with van der Waals surface area (Å²) in [6, 6.07) is 17.0. The summed E-state index contributed by atoms with van der Waals surface area (Å²) in [6.07, 6.45) is 2.05. The number of hydrogen-bond acceptors (Lipinski definition) is 3. The van der Waals surface area contributed by atoms with Crippen molar-refractivity contribution in [2.24, 2.45) is 5.73 Å². The standard InChI is InChI=1S/C18H19N3O2S/c1-13(21(23)18(19)22)11-20-12-17(15-9-5-6-10-16(15)20)24-14-7-3-2-4-8-14/h2-10,12-13,23H,11H2,1H3,(H2,19,22). The second kappa shape index (κ2) is 6.98. The molecule has 124 valence electrons. The number of hydrogen-bond donors (Lipinski definition) is 2. The summed E-state index contributed by atoms with van der Waals surface area (Å²) in [5.74, 6) is 0. The first kappa shape index (κ1) is 16.4. The average Bonchev–Trinajstić information content (AvgIpc) is 2.93. The van der Waals surface area contributed by atoms with Crippen molar-refractivity contribution in [3.63, 3.8) is 0 Å². The Balaban J connectivity index is 1.93. The van der Waals surface area contributed by atoms with Crippen molar-refractivity contribution in [2.45, 2.75) is 29.3 Å². The lowest BCUT2D eigenvalue weighted by atomic mass is 10.2. The number of carbonyl (C=O) groups excluding carboxylic acids is 1. The van der Waals surface area contributed by atoms with Crippen LogP contribution in [0.1, 0.15) is 6.92 Å². The first-order valence-corrected chi connectivity index (χ1v) is 8.46. The highest BCUT2D eigenvalue weighted by Gasteiger charge is 2.17. The topological polar surface area (TPSA) is 71.5 Å². The molecule has 0 saturated heterocycles. The maximum absolute atomic E-state index is 11.1. The number of amides is 2. The fourth-order valence-electron chi connectivity index (χ4n) is 2.64. The van der Waals surface area contributed by atoms with Crippen LogP contribution < -0.4 is 5.73 Å². The molecule has 2 aromatic carbocycles. The van der Waals surface area contributed by atoms with Gasteiger partial charge in [-0.05, 0) is 25.1 Å². The van der Waals surface area contributed by atoms with E-state index in [1.54, 1.807) is 18.7 Å². The molecule has 1 aromatic heterocycles. The normalized spacial score (nSPS) is 12.2. The quantitative estimate of drug-likeness (QED) is 0.545. The number of nitrogens with two attached hydrogens (primary N) is 1. The maximum Gasteiger partial charge on any atom is 0.338 e. The van der Waals surface area contributed by atoms with Crippen molar-refractivity contribution < 1.29 is 10.0 Å². The van der Waals surface area contributed by atoms with Crippen molar-refractivity contribution in [3.8, 4) is 0 Å². The molecule has 1 atom stereocenters. The predicted octanol–water partition coefficient (Wildman–Crippen LogP) is 3.95. The van der Waals surface area contributed by atoms with Crippen LogP contribution in [-0.4, -0.2) is 26.9 Å². The maximum atomic E-state index is 11.1. The van der Waals surface area contributed by atoms with Gasteiger partial charge in [0.15, 0.2) is 0 Å². The van der Waals surface area contributed by atoms with E-state index in [1.165, 1.54) is 0 Å². The number of primary amides is 1. The zero-order valence-electron chi connectivity index (χ0n) is 13.3. The van der Waals surface area contributed by atoms with Crippen LogP contribution in [0.25, 0.3) is 10.9 Å². The Morgan fingerprint density at radius 3 is 2.58 bits per heavy atom. The van der Waals surface area contributed by atoms with Gasteiger partial charge in [0, 0.05) is 33.4 Å². The van der Waals surface area contributed by atoms with E-state index in [2.05, 4.69) is 18.2 Å². The van der Waals surface area contributed by atoms with Gasteiger partial charge in [0.05, 0.1) is 6.04 Å². The lowest BCUT2D eigenvalue weighted by Crippen LogP contribution is -2.41. The summed E-state index contributed by atoms with van der Waals surface area (Å²) in [6.45, 7) is 2.21. The number of carbonyl (C=O) groups is 1. The molecule has 1 unspecified atom stereocenters. The number of benzene rings is 2. The van der Waals surface area contributed by atoms with E-state index in [-0.39, 0.29) is 0 Å². The van der Waals surface area contributed by atoms with E-state index in [4.69, 9.17) is 5.73 Å². The van der Waals surface area contributed by atoms with E-state index < -0.39 is 12.1 Å². The van der Waals surface area contributed by atoms with Gasteiger partial charge in [-0.15, -0.1) is 0 Å². The van der Waals surface area contributed by atoms with Gasteiger partial charge in [-0.3, -0.25) is 5.21 Å². The Labute approximate surface area is 144 Å². The number of urea groups is 1. The molecule has 0 aliphatic rings. The van der Waals surface area contributed by atoms with Gasteiger partial charge in [-0.1, -0.05) is 48.2 Å². The minimum atomic E-state index is -0.849. The van der Waals surface area contributed by atoms with E-state index in [0.29, 0.717) is 11.6 Å². The van der Waals surface area contributed by atoms with Gasteiger partial charge >= 0.3 is 6.03 Å². The Hall–Kier alpha value is -2.44. The van der Waals surface area contributed by atoms with E-state index >= 15 is 0 Å². The predicted molar refractivity (Wildman–Crippen MR) is 95.2 cm³/mol. The van der Waals surface area contributed by atoms with Crippen LogP contribution in [-0.2, 0) is 6.54 Å². The summed E-state index contributed by atoms with van der Waals surface area (Å²) in [5, 5.41) is 11.4. The lowest BCUT2D eigenvalue weighted by Gasteiger charge is -2.21. The smallest absolute Gasteiger partial charge is 0.338 e. The molecular weight excluding hydrogens is 322 g/mol. The van der Waals surface area contributed by atoms with Gasteiger partial charge in [0.1, 0.15) is 0 Å². The van der Waals surface area contributed by atoms with Crippen molar-refractivity contribution in [1.29, 1.82) is 0 Å². The Kier molecular flexibility index (Phi) is 4.78. The third-order valence-electron chi connectivity index (χ3n) is 3.83. The molecule has 2 amide bonds. The second-order valence-electron chi connectivity index (χ2n) is 5.61. The van der Waals surface area contributed by atoms with Gasteiger partial charge in [-0.25, -0.2) is 9.86 Å². The SMILES string of the molecule is CC(Cn1cc(Sc2ccccc2)c2ccccc21)N(O)C(N)=O. The first-order chi connectivity index (χ1) is 11.6. The Morgan fingerprint density at radius 2 is 1.88 bits per heavy atom. The fraction of sp³-hybridized carbons (Fsp3) is 0.167. The summed E-state index contributed by atoms with van der Waals surface area (Å²) >= 11 is 1.69. The van der Waals surface area contributed by atoms with Gasteiger partial charge in [-0.2, -0.15) is 0 Å². The molecule has 1 heterocycles. The van der Waals surface area contributed by atoms with Crippen LogP contribution in [0.3, 0.4) is 0 Å². The summed E-state index contributed by atoms with van der Waals surface area (Å²) in [7, 11) is 0. The molecule has 0 spiro atoms. The third kappa shape index (κ3) is 3.39. The summed E-state index contributed by atoms with van der Waals surface area (Å²) < 4.78 is 2.04. The average molecular weight is 341 g/mol. The number of aromatic nitrogens is 1. The highest BCUT2D eigenvalue weighted by atomic mass is 32.2. The molecule has 0 bridgehead atoms. The molecule has 3 aromatic rings. The highest BCUT2D eigenvalue weighted by Crippen LogP contribution is 2.35. The van der Waals surface area contributed by atoms with Crippen LogP contribution in [0.4, 0.5) is 4.79 Å². The number of para-hydroxylation sites is 1. The van der Waals surface area contributed by atoms with Crippen molar-refractivity contribution >= 4 is 28.7 Å². The molecule has 0 aliphatic carbocycles. The molecule has 6 heteroatoms. The van der Waals surface area contributed by atoms with Crippen molar-refractivity contribution in [2.75, 3.05) is 0 Å². The third-order valence-corrected chi connectivity index (χ3v) is 4.88. The van der Waals surface area contributed by atoms with Crippen LogP contribution in [0.2, 0.25) is 0 Å². The largest absolute Gasteiger partial charge is 0.350 e. The van der Waals surface area contributed by atoms with Gasteiger partial charge < -0.3 is 10.3 Å². The van der Waals surface area contributed by atoms with Crippen molar-refractivity contribution in [3.05, 3.63) is 60.8 Å². The molecule has 24 heavy (non-hydrogen) atoms. The molecule has 3 N–H and O–H groups in total. The zero-order valence-corrected chi connectivity index (χ0v) is 14.1. The molecular formula is C18H19N3O2S. The highest BCUT2D eigenvalue weighted by molar-refractivity contribution is 7.99. The lowest BCUT2D eigenvalue weighted by molar-refractivity contribution is -0.0734. The van der Waals surface area contributed by atoms with Crippen LogP contribution >= 0.6 is 11.8 Å². The fourth-order valence-corrected chi connectivity index (χ4v) is 3.65. The molecule has 0 aliphatic heterocycles. The second-order valence-corrected chi connectivity index (χ2v) is 6.73. The minimum Gasteiger partial charge on any atom is -0.350 e. The van der Waals surface area contributed by atoms with Gasteiger partial charge in [0.2, 0.25) is 0 Å². The molecule has 0 radical (unpaired) electrons. The summed E-state index contributed by atoms with van der Waals surface area (Å²) in [4.78, 5) is 13.4. The number of rotatable bonds is 5. The van der Waals surface area contributed by atoms with Crippen LogP contribution in [0, 0.1) is 0 Å². The van der Waals surface area contributed by atoms with E-state index in [1.807, 2.05) is 47.2 Å². The van der Waals surface area contributed by atoms with Crippen molar-refractivity contribution in [1.82, 2.24) is 9.63 Å². The summed E-state index contributed by atoms with van der Waals surface area (Å²) in [5.41, 5.74) is 6.19. The number of nitrogens with zero attached hydrogens (tertiary/aromatic N) is 2. The minimum absolute atomic E-state index is 0.423. The Bertz CT molecular complexity index is 848. The Morgan fingerprint density at radius 1 is 1.21 bits per heavy atom. The van der Waals surface area contributed by atoms with Gasteiger partial charge in [0.25, 0.3) is 0 Å². The molecule has 3 rings (SSSR count). The van der Waals surface area contributed by atoms with Crippen LogP contribution in [0.5, 0.6) is 0 Å². The monoisotopic (exact) mass is 341 g/mol. The van der Waals surface area contributed by atoms with E-state index in [9.17, 15) is 10.0 Å². The molecule has 0 saturated carbocycles. The first-order valence-electron chi connectivity index (χ1n) is 7.64. The molecule has 5 nitrogen and oxygen atoms in total. The molecule has 0 fully saturated rings. The number of hydroxylamine groups is 2. The van der Waals surface area contributed by atoms with E-state index in [0.717, 1.165) is 20.7 Å².